The maximum atomic E-state index is 11.5. The van der Waals surface area contributed by atoms with E-state index >= 15 is 0 Å². The highest BCUT2D eigenvalue weighted by Gasteiger charge is 2.35. The Hall–Kier alpha value is -0.450. The van der Waals surface area contributed by atoms with Gasteiger partial charge in [0.15, 0.2) is 0 Å². The Labute approximate surface area is 117 Å². The van der Waals surface area contributed by atoms with Crippen LogP contribution in [0.4, 0.5) is 0 Å². The van der Waals surface area contributed by atoms with Crippen LogP contribution in [0.2, 0.25) is 0 Å². The predicted octanol–water partition coefficient (Wildman–Crippen LogP) is 1.40. The highest BCUT2D eigenvalue weighted by Crippen LogP contribution is 2.29. The van der Waals surface area contributed by atoms with E-state index in [2.05, 4.69) is 23.8 Å². The number of aldehydes is 1. The monoisotopic (exact) mass is 268 g/mol. The molecule has 0 bridgehead atoms. The van der Waals surface area contributed by atoms with E-state index < -0.39 is 0 Å². The number of nitrogens with zero attached hydrogens (tertiary/aromatic N) is 2. The van der Waals surface area contributed by atoms with Gasteiger partial charge < -0.3 is 19.3 Å². The smallest absolute Gasteiger partial charge is 0.129 e. The molecule has 0 spiro atoms. The lowest BCUT2D eigenvalue weighted by atomic mass is 9.83. The zero-order valence-electron chi connectivity index (χ0n) is 12.4. The molecular weight excluding hydrogens is 240 g/mol. The predicted molar refractivity (Wildman–Crippen MR) is 76.3 cm³/mol. The molecule has 2 aliphatic heterocycles. The van der Waals surface area contributed by atoms with Crippen molar-refractivity contribution in [2.75, 3.05) is 46.4 Å². The number of carbonyl (C=O) groups excluding carboxylic acids is 1. The molecule has 2 saturated heterocycles. The first kappa shape index (κ1) is 14.9. The van der Waals surface area contributed by atoms with Crippen LogP contribution in [0.25, 0.3) is 0 Å². The molecule has 0 amide bonds. The largest absolute Gasteiger partial charge is 0.380 e. The third-order valence-electron chi connectivity index (χ3n) is 4.79. The average Bonchev–Trinajstić information content (AvgIpc) is 2.48. The van der Waals surface area contributed by atoms with E-state index in [1.54, 1.807) is 0 Å². The topological polar surface area (TPSA) is 32.8 Å². The Morgan fingerprint density at radius 3 is 2.68 bits per heavy atom. The minimum absolute atomic E-state index is 0.255. The van der Waals surface area contributed by atoms with Crippen molar-refractivity contribution in [2.45, 2.75) is 38.6 Å². The van der Waals surface area contributed by atoms with Crippen LogP contribution >= 0.6 is 0 Å². The van der Waals surface area contributed by atoms with E-state index in [0.29, 0.717) is 12.6 Å². The van der Waals surface area contributed by atoms with Crippen LogP contribution in [-0.4, -0.2) is 68.6 Å². The molecular formula is C15H28N2O2. The van der Waals surface area contributed by atoms with E-state index in [9.17, 15) is 4.79 Å². The standard InChI is InChI=1S/C15H28N2O2/c1-3-17-8-5-14(6-9-17)16(2)11-15(12-18)7-4-10-19-13-15/h12,14H,3-11,13H2,1-2H3. The molecule has 0 aromatic carbocycles. The molecule has 0 saturated carbocycles. The molecule has 2 rings (SSSR count). The minimum Gasteiger partial charge on any atom is -0.380 e. The zero-order valence-corrected chi connectivity index (χ0v) is 12.4. The van der Waals surface area contributed by atoms with Crippen LogP contribution in [-0.2, 0) is 9.53 Å². The summed E-state index contributed by atoms with van der Waals surface area (Å²) in [7, 11) is 2.17. The van der Waals surface area contributed by atoms with Gasteiger partial charge in [-0.3, -0.25) is 0 Å². The van der Waals surface area contributed by atoms with Gasteiger partial charge in [0.2, 0.25) is 0 Å². The molecule has 2 heterocycles. The van der Waals surface area contributed by atoms with Gasteiger partial charge in [-0.25, -0.2) is 0 Å². The Kier molecular flexibility index (Phi) is 5.37. The van der Waals surface area contributed by atoms with Gasteiger partial charge in [-0.15, -0.1) is 0 Å². The molecule has 0 radical (unpaired) electrons. The molecule has 0 aromatic heterocycles. The van der Waals surface area contributed by atoms with Crippen molar-refractivity contribution in [2.24, 2.45) is 5.41 Å². The molecule has 2 fully saturated rings. The van der Waals surface area contributed by atoms with Gasteiger partial charge in [-0.05, 0) is 52.4 Å². The fraction of sp³-hybridized carbons (Fsp3) is 0.933. The molecule has 110 valence electrons. The van der Waals surface area contributed by atoms with E-state index in [1.165, 1.54) is 25.9 Å². The van der Waals surface area contributed by atoms with Crippen molar-refractivity contribution in [1.82, 2.24) is 9.80 Å². The second kappa shape index (κ2) is 6.82. The van der Waals surface area contributed by atoms with Crippen LogP contribution in [0, 0.1) is 5.41 Å². The summed E-state index contributed by atoms with van der Waals surface area (Å²) in [5.74, 6) is 0. The quantitative estimate of drug-likeness (QED) is 0.706. The molecule has 4 nitrogen and oxygen atoms in total. The Morgan fingerprint density at radius 2 is 2.16 bits per heavy atom. The third-order valence-corrected chi connectivity index (χ3v) is 4.79. The first-order valence-electron chi connectivity index (χ1n) is 7.66. The molecule has 19 heavy (non-hydrogen) atoms. The first-order valence-corrected chi connectivity index (χ1v) is 7.66. The van der Waals surface area contributed by atoms with Gasteiger partial charge in [0.05, 0.1) is 12.0 Å². The van der Waals surface area contributed by atoms with Crippen LogP contribution in [0.3, 0.4) is 0 Å². The summed E-state index contributed by atoms with van der Waals surface area (Å²) in [6, 6.07) is 0.626. The van der Waals surface area contributed by atoms with Crippen LogP contribution < -0.4 is 0 Å². The van der Waals surface area contributed by atoms with Crippen LogP contribution in [0.5, 0.6) is 0 Å². The van der Waals surface area contributed by atoms with Gasteiger partial charge in [0.25, 0.3) is 0 Å². The van der Waals surface area contributed by atoms with Gasteiger partial charge in [0, 0.05) is 19.2 Å². The second-order valence-corrected chi connectivity index (χ2v) is 6.22. The van der Waals surface area contributed by atoms with E-state index in [4.69, 9.17) is 4.74 Å². The maximum absolute atomic E-state index is 11.5. The van der Waals surface area contributed by atoms with Crippen molar-refractivity contribution in [1.29, 1.82) is 0 Å². The summed E-state index contributed by atoms with van der Waals surface area (Å²) in [6.07, 6.45) is 5.58. The number of likely N-dealkylation sites (tertiary alicyclic amines) is 1. The molecule has 0 N–H and O–H groups in total. The Bertz CT molecular complexity index is 282. The van der Waals surface area contributed by atoms with Crippen LogP contribution in [0.15, 0.2) is 0 Å². The van der Waals surface area contributed by atoms with Crippen molar-refractivity contribution in [3.05, 3.63) is 0 Å². The fourth-order valence-electron chi connectivity index (χ4n) is 3.43. The van der Waals surface area contributed by atoms with Crippen molar-refractivity contribution >= 4 is 6.29 Å². The highest BCUT2D eigenvalue weighted by atomic mass is 16.5. The van der Waals surface area contributed by atoms with Gasteiger partial charge in [-0.1, -0.05) is 6.92 Å². The van der Waals surface area contributed by atoms with E-state index in [0.717, 1.165) is 38.8 Å². The molecule has 2 aliphatic rings. The second-order valence-electron chi connectivity index (χ2n) is 6.22. The van der Waals surface area contributed by atoms with E-state index in [-0.39, 0.29) is 5.41 Å². The number of hydrogen-bond donors (Lipinski definition) is 0. The van der Waals surface area contributed by atoms with Crippen LogP contribution in [0.1, 0.15) is 32.6 Å². The summed E-state index contributed by atoms with van der Waals surface area (Å²) in [5.41, 5.74) is -0.255. The maximum Gasteiger partial charge on any atom is 0.129 e. The van der Waals surface area contributed by atoms with Crippen molar-refractivity contribution < 1.29 is 9.53 Å². The lowest BCUT2D eigenvalue weighted by molar-refractivity contribution is -0.126. The normalized spacial score (nSPS) is 30.7. The van der Waals surface area contributed by atoms with Gasteiger partial charge in [-0.2, -0.15) is 0 Å². The van der Waals surface area contributed by atoms with Gasteiger partial charge >= 0.3 is 0 Å². The number of hydrogen-bond acceptors (Lipinski definition) is 4. The molecule has 4 heteroatoms. The van der Waals surface area contributed by atoms with Gasteiger partial charge in [0.1, 0.15) is 6.29 Å². The summed E-state index contributed by atoms with van der Waals surface area (Å²) in [5, 5.41) is 0. The lowest BCUT2D eigenvalue weighted by Gasteiger charge is -2.41. The summed E-state index contributed by atoms with van der Waals surface area (Å²) in [6.45, 7) is 8.04. The molecule has 0 aliphatic carbocycles. The molecule has 1 unspecified atom stereocenters. The van der Waals surface area contributed by atoms with E-state index in [1.807, 2.05) is 0 Å². The Balaban J connectivity index is 1.85. The van der Waals surface area contributed by atoms with Crippen molar-refractivity contribution in [3.8, 4) is 0 Å². The summed E-state index contributed by atoms with van der Waals surface area (Å²) < 4.78 is 5.53. The summed E-state index contributed by atoms with van der Waals surface area (Å²) >= 11 is 0. The Morgan fingerprint density at radius 1 is 1.42 bits per heavy atom. The summed E-state index contributed by atoms with van der Waals surface area (Å²) in [4.78, 5) is 16.4. The minimum atomic E-state index is -0.255. The SMILES string of the molecule is CCN1CCC(N(C)CC2(C=O)CCCOC2)CC1. The number of piperidine rings is 1. The third kappa shape index (κ3) is 3.77. The number of rotatable bonds is 5. The zero-order chi connectivity index (χ0) is 13.7. The number of carbonyl (C=O) groups is 1. The van der Waals surface area contributed by atoms with Crippen molar-refractivity contribution in [3.63, 3.8) is 0 Å². The first-order chi connectivity index (χ1) is 9.19. The molecule has 0 aromatic rings. The number of ether oxygens (including phenoxy) is 1. The lowest BCUT2D eigenvalue weighted by Crippen LogP contribution is -2.49. The fourth-order valence-corrected chi connectivity index (χ4v) is 3.43. The molecule has 1 atom stereocenters. The average molecular weight is 268 g/mol. The highest BCUT2D eigenvalue weighted by molar-refractivity contribution is 5.60.